The molecule has 0 radical (unpaired) electrons. The van der Waals surface area contributed by atoms with Gasteiger partial charge in [-0.1, -0.05) is 152 Å². The van der Waals surface area contributed by atoms with Crippen LogP contribution in [-0.4, -0.2) is 11.3 Å². The molecule has 5 heteroatoms. The topological polar surface area (TPSA) is 11.4 Å². The SMILES string of the molecule is Cc1cc2c3c(c1)-n1c4c(c5cccc(c51)B3c1ccc(N(C3=CC=C(C(C)(C)C)CC3)c3ccc(C(C)(C)C)cc3)cc1N2c1cccc2sc3ccccc3c12)C(C)(C)c1ccccc1-4. The van der Waals surface area contributed by atoms with E-state index in [9.17, 15) is 0 Å². The third-order valence-corrected chi connectivity index (χ3v) is 16.8. The Morgan fingerprint density at radius 1 is 0.612 bits per heavy atom. The Labute approximate surface area is 399 Å². The minimum atomic E-state index is -0.138. The van der Waals surface area contributed by atoms with E-state index in [1.807, 2.05) is 11.3 Å². The summed E-state index contributed by atoms with van der Waals surface area (Å²) in [6.45, 7) is 21.1. The summed E-state index contributed by atoms with van der Waals surface area (Å²) in [5, 5.41) is 3.99. The second kappa shape index (κ2) is 14.0. The number of fused-ring (bicyclic) bond motifs is 12. The van der Waals surface area contributed by atoms with Crippen molar-refractivity contribution < 1.29 is 0 Å². The summed E-state index contributed by atoms with van der Waals surface area (Å²) in [5.74, 6) is 0. The predicted molar refractivity (Wildman–Crippen MR) is 290 cm³/mol. The molecule has 0 atom stereocenters. The zero-order valence-corrected chi connectivity index (χ0v) is 41.0. The van der Waals surface area contributed by atoms with Gasteiger partial charge in [0.1, 0.15) is 0 Å². The van der Waals surface area contributed by atoms with Gasteiger partial charge < -0.3 is 14.4 Å². The lowest BCUT2D eigenvalue weighted by molar-refractivity contribution is 0.479. The monoisotopic (exact) mass is 885 g/mol. The average Bonchev–Trinajstić information content (AvgIpc) is 3.95. The number of aryl methyl sites for hydroxylation is 1. The summed E-state index contributed by atoms with van der Waals surface area (Å²) in [4.78, 5) is 5.21. The number of anilines is 5. The second-order valence-corrected chi connectivity index (χ2v) is 23.3. The molecule has 0 spiro atoms. The molecule has 4 heterocycles. The van der Waals surface area contributed by atoms with E-state index in [1.54, 1.807) is 0 Å². The van der Waals surface area contributed by atoms with Gasteiger partial charge in [0.25, 0.3) is 6.71 Å². The maximum absolute atomic E-state index is 2.67. The number of allylic oxidation sites excluding steroid dienone is 4. The molecule has 7 aromatic carbocycles. The molecule has 0 saturated heterocycles. The predicted octanol–water partition coefficient (Wildman–Crippen LogP) is 15.3. The molecule has 0 saturated carbocycles. The van der Waals surface area contributed by atoms with Gasteiger partial charge in [-0.2, -0.15) is 0 Å². The lowest BCUT2D eigenvalue weighted by atomic mass is 9.33. The van der Waals surface area contributed by atoms with Crippen molar-refractivity contribution in [1.82, 2.24) is 4.57 Å². The maximum atomic E-state index is 2.67. The lowest BCUT2D eigenvalue weighted by Gasteiger charge is -2.42. The first kappa shape index (κ1) is 40.7. The van der Waals surface area contributed by atoms with Crippen LogP contribution < -0.4 is 26.2 Å². The number of thiophene rings is 1. The minimum Gasteiger partial charge on any atom is -0.314 e. The average molecular weight is 886 g/mol. The van der Waals surface area contributed by atoms with E-state index in [2.05, 4.69) is 228 Å². The van der Waals surface area contributed by atoms with Crippen LogP contribution >= 0.6 is 11.3 Å². The van der Waals surface area contributed by atoms with Gasteiger partial charge in [0.05, 0.1) is 11.4 Å². The van der Waals surface area contributed by atoms with Gasteiger partial charge in [0.2, 0.25) is 0 Å². The van der Waals surface area contributed by atoms with E-state index >= 15 is 0 Å². The van der Waals surface area contributed by atoms with Crippen LogP contribution in [-0.2, 0) is 10.8 Å². The third-order valence-electron chi connectivity index (χ3n) is 15.7. The fourth-order valence-corrected chi connectivity index (χ4v) is 13.6. The molecular weight excluding hydrogens is 830 g/mol. The van der Waals surface area contributed by atoms with E-state index < -0.39 is 0 Å². The lowest BCUT2D eigenvalue weighted by Crippen LogP contribution is -2.60. The number of hydrogen-bond acceptors (Lipinski definition) is 3. The van der Waals surface area contributed by atoms with Crippen LogP contribution in [0.3, 0.4) is 0 Å². The largest absolute Gasteiger partial charge is 0.314 e. The van der Waals surface area contributed by atoms with E-state index in [4.69, 9.17) is 0 Å². The highest BCUT2D eigenvalue weighted by atomic mass is 32.1. The van der Waals surface area contributed by atoms with Crippen LogP contribution in [0.15, 0.2) is 163 Å². The van der Waals surface area contributed by atoms with Crippen molar-refractivity contribution in [2.45, 2.75) is 86.0 Å². The molecule has 2 aliphatic heterocycles. The third kappa shape index (κ3) is 5.77. The van der Waals surface area contributed by atoms with Crippen LogP contribution in [0.4, 0.5) is 28.4 Å². The molecule has 9 aromatic rings. The van der Waals surface area contributed by atoms with Crippen molar-refractivity contribution in [1.29, 1.82) is 0 Å². The van der Waals surface area contributed by atoms with Crippen molar-refractivity contribution in [2.24, 2.45) is 5.41 Å². The Kier molecular flexibility index (Phi) is 8.50. The molecule has 0 N–H and O–H groups in total. The molecule has 67 heavy (non-hydrogen) atoms. The molecule has 0 unspecified atom stereocenters. The van der Waals surface area contributed by atoms with Gasteiger partial charge in [-0.05, 0) is 130 Å². The smallest absolute Gasteiger partial charge is 0.252 e. The summed E-state index contributed by atoms with van der Waals surface area (Å²) in [5.41, 5.74) is 23.9. The van der Waals surface area contributed by atoms with Crippen molar-refractivity contribution in [2.75, 3.05) is 9.80 Å². The summed E-state index contributed by atoms with van der Waals surface area (Å²) in [7, 11) is 0. The quantitative estimate of drug-likeness (QED) is 0.163. The number of nitrogens with zero attached hydrogens (tertiary/aromatic N) is 3. The van der Waals surface area contributed by atoms with E-state index in [-0.39, 0.29) is 23.0 Å². The first-order valence-corrected chi connectivity index (χ1v) is 25.1. The number of rotatable bonds is 4. The molecule has 4 aliphatic rings. The summed E-state index contributed by atoms with van der Waals surface area (Å²) < 4.78 is 5.30. The summed E-state index contributed by atoms with van der Waals surface area (Å²) in [6, 6.07) is 54.0. The molecule has 2 aromatic heterocycles. The van der Waals surface area contributed by atoms with E-state index in [0.29, 0.717) is 0 Å². The number of aromatic nitrogens is 1. The molecule has 0 amide bonds. The first-order valence-electron chi connectivity index (χ1n) is 24.3. The van der Waals surface area contributed by atoms with Gasteiger partial charge in [0.15, 0.2) is 0 Å². The first-order chi connectivity index (χ1) is 32.2. The van der Waals surface area contributed by atoms with Crippen molar-refractivity contribution in [3.05, 3.63) is 185 Å². The number of benzene rings is 7. The van der Waals surface area contributed by atoms with Gasteiger partial charge in [0, 0.05) is 76.2 Å². The minimum absolute atomic E-state index is 0.0413. The van der Waals surface area contributed by atoms with Crippen LogP contribution in [0.2, 0.25) is 0 Å². The molecule has 2 aliphatic carbocycles. The Hall–Kier alpha value is -6.56. The highest BCUT2D eigenvalue weighted by molar-refractivity contribution is 7.26. The van der Waals surface area contributed by atoms with Crippen molar-refractivity contribution in [3.63, 3.8) is 0 Å². The Bertz CT molecular complexity index is 3660. The van der Waals surface area contributed by atoms with Crippen LogP contribution in [0, 0.1) is 12.3 Å². The van der Waals surface area contributed by atoms with Gasteiger partial charge >= 0.3 is 0 Å². The van der Waals surface area contributed by atoms with Gasteiger partial charge in [-0.3, -0.25) is 0 Å². The second-order valence-electron chi connectivity index (χ2n) is 22.2. The maximum Gasteiger partial charge on any atom is 0.252 e. The van der Waals surface area contributed by atoms with Gasteiger partial charge in [-0.15, -0.1) is 11.3 Å². The van der Waals surface area contributed by atoms with Crippen LogP contribution in [0.1, 0.15) is 90.5 Å². The van der Waals surface area contributed by atoms with Gasteiger partial charge in [-0.25, -0.2) is 0 Å². The Morgan fingerprint density at radius 2 is 1.33 bits per heavy atom. The highest BCUT2D eigenvalue weighted by Crippen LogP contribution is 2.55. The fraction of sp³-hybridized carbons (Fsp3) is 0.226. The molecule has 3 nitrogen and oxygen atoms in total. The molecular formula is C62H56BN3S. The Balaban J connectivity index is 1.12. The summed E-state index contributed by atoms with van der Waals surface area (Å²) in [6.07, 6.45) is 6.82. The van der Waals surface area contributed by atoms with Crippen molar-refractivity contribution in [3.8, 4) is 16.9 Å². The molecule has 13 rings (SSSR count). The molecule has 328 valence electrons. The standard InChI is InChI=1S/C62H56BN3S/c1-37-34-51-57-52(35-37)66-58-45(56-59(66)43-16-10-12-19-46(43)62(56,8)9)18-14-20-48(58)63(57)47-33-32-42(36-50(47)65(51)49-21-15-23-54-55(49)44-17-11-13-22-53(44)67-54)64(40-28-24-38(25-29-40)60(2,3)4)41-30-26-39(27-31-41)61(5,6)7/h10-26,28-30,32-36H,27,31H2,1-9H3. The van der Waals surface area contributed by atoms with E-state index in [1.165, 1.54) is 126 Å². The molecule has 0 bridgehead atoms. The highest BCUT2D eigenvalue weighted by Gasteiger charge is 2.47. The number of hydrogen-bond donors (Lipinski definition) is 0. The fourth-order valence-electron chi connectivity index (χ4n) is 12.5. The zero-order chi connectivity index (χ0) is 45.9. The van der Waals surface area contributed by atoms with Crippen molar-refractivity contribution >= 4 is 94.0 Å². The van der Waals surface area contributed by atoms with Crippen LogP contribution in [0.25, 0.3) is 48.0 Å². The zero-order valence-electron chi connectivity index (χ0n) is 40.2. The Morgan fingerprint density at radius 3 is 2.10 bits per heavy atom. The number of para-hydroxylation sites is 1. The van der Waals surface area contributed by atoms with E-state index in [0.717, 1.165) is 12.8 Å². The summed E-state index contributed by atoms with van der Waals surface area (Å²) >= 11 is 1.90. The molecule has 0 fully saturated rings. The normalized spacial score (nSPS) is 15.7. The van der Waals surface area contributed by atoms with Crippen LogP contribution in [0.5, 0.6) is 0 Å².